The summed E-state index contributed by atoms with van der Waals surface area (Å²) in [5, 5.41) is 9.45. The monoisotopic (exact) mass is 266 g/mol. The Morgan fingerprint density at radius 3 is 2.77 bits per heavy atom. The maximum Gasteiger partial charge on any atom is 0.130 e. The Bertz CT molecular complexity index is 293. The van der Waals surface area contributed by atoms with E-state index in [9.17, 15) is 9.50 Å². The Kier molecular flexibility index (Phi) is 4.16. The van der Waals surface area contributed by atoms with Gasteiger partial charge in [-0.25, -0.2) is 4.39 Å². The molecule has 1 rings (SSSR count). The Labute approximate surface area is 89.7 Å². The molecule has 0 aliphatic carbocycles. The second kappa shape index (κ2) is 4.94. The number of benzene rings is 1. The molecule has 0 spiro atoms. The molecule has 72 valence electrons. The van der Waals surface area contributed by atoms with Crippen molar-refractivity contribution in [2.75, 3.05) is 5.88 Å². The lowest BCUT2D eigenvalue weighted by atomic mass is 10.1. The molecule has 1 aromatic carbocycles. The fraction of sp³-hybridized carbons (Fsp3) is 0.333. The fourth-order valence-corrected chi connectivity index (χ4v) is 1.57. The predicted octanol–water partition coefficient (Wildman–Crippen LogP) is 3.25. The molecular formula is C9H9BrClFO. The van der Waals surface area contributed by atoms with E-state index in [1.807, 2.05) is 0 Å². The van der Waals surface area contributed by atoms with Gasteiger partial charge >= 0.3 is 0 Å². The van der Waals surface area contributed by atoms with Gasteiger partial charge < -0.3 is 5.11 Å². The molecule has 1 aromatic rings. The molecule has 0 radical (unpaired) electrons. The van der Waals surface area contributed by atoms with E-state index >= 15 is 0 Å². The quantitative estimate of drug-likeness (QED) is 0.834. The molecule has 0 saturated carbocycles. The normalized spacial score (nSPS) is 12.9. The van der Waals surface area contributed by atoms with Gasteiger partial charge in [-0.1, -0.05) is 22.0 Å². The van der Waals surface area contributed by atoms with Crippen molar-refractivity contribution in [1.29, 1.82) is 0 Å². The maximum atomic E-state index is 13.2. The number of hydrogen-bond acceptors (Lipinski definition) is 1. The molecule has 1 atom stereocenters. The van der Waals surface area contributed by atoms with Crippen LogP contribution in [0.2, 0.25) is 0 Å². The molecule has 13 heavy (non-hydrogen) atoms. The van der Waals surface area contributed by atoms with Gasteiger partial charge in [-0.2, -0.15) is 0 Å². The SMILES string of the molecule is O[C@H](CCCl)c1ccc(Br)cc1F. The summed E-state index contributed by atoms with van der Waals surface area (Å²) in [6, 6.07) is 4.57. The van der Waals surface area contributed by atoms with Crippen LogP contribution in [-0.4, -0.2) is 11.0 Å². The summed E-state index contributed by atoms with van der Waals surface area (Å²) in [7, 11) is 0. The second-order valence-electron chi connectivity index (χ2n) is 2.66. The van der Waals surface area contributed by atoms with E-state index in [1.165, 1.54) is 6.07 Å². The summed E-state index contributed by atoms with van der Waals surface area (Å²) >= 11 is 8.57. The Morgan fingerprint density at radius 2 is 2.23 bits per heavy atom. The van der Waals surface area contributed by atoms with E-state index in [4.69, 9.17) is 11.6 Å². The van der Waals surface area contributed by atoms with Crippen molar-refractivity contribution in [2.24, 2.45) is 0 Å². The van der Waals surface area contributed by atoms with Crippen LogP contribution in [0.15, 0.2) is 22.7 Å². The molecule has 0 fully saturated rings. The average Bonchev–Trinajstić information content (AvgIpc) is 2.04. The minimum atomic E-state index is -0.814. The molecule has 0 aliphatic rings. The molecule has 4 heteroatoms. The third-order valence-electron chi connectivity index (χ3n) is 1.70. The lowest BCUT2D eigenvalue weighted by Crippen LogP contribution is -2.01. The molecule has 1 N–H and O–H groups in total. The van der Waals surface area contributed by atoms with E-state index in [1.54, 1.807) is 12.1 Å². The minimum absolute atomic E-state index is 0.295. The van der Waals surface area contributed by atoms with Crippen molar-refractivity contribution in [1.82, 2.24) is 0 Å². The summed E-state index contributed by atoms with van der Waals surface area (Å²) in [6.45, 7) is 0. The largest absolute Gasteiger partial charge is 0.388 e. The molecule has 0 aliphatic heterocycles. The van der Waals surface area contributed by atoms with Crippen LogP contribution in [0.4, 0.5) is 4.39 Å². The summed E-state index contributed by atoms with van der Waals surface area (Å²) in [4.78, 5) is 0. The van der Waals surface area contributed by atoms with Gasteiger partial charge in [-0.15, -0.1) is 11.6 Å². The van der Waals surface area contributed by atoms with Crippen LogP contribution in [0.5, 0.6) is 0 Å². The van der Waals surface area contributed by atoms with E-state index in [0.29, 0.717) is 22.3 Å². The highest BCUT2D eigenvalue weighted by molar-refractivity contribution is 9.10. The Hall–Kier alpha value is -0.120. The predicted molar refractivity (Wildman–Crippen MR) is 54.4 cm³/mol. The minimum Gasteiger partial charge on any atom is -0.388 e. The van der Waals surface area contributed by atoms with Crippen molar-refractivity contribution in [2.45, 2.75) is 12.5 Å². The van der Waals surface area contributed by atoms with Crippen LogP contribution < -0.4 is 0 Å². The zero-order chi connectivity index (χ0) is 9.84. The highest BCUT2D eigenvalue weighted by atomic mass is 79.9. The van der Waals surface area contributed by atoms with Crippen molar-refractivity contribution in [3.63, 3.8) is 0 Å². The molecule has 0 unspecified atom stereocenters. The van der Waals surface area contributed by atoms with Crippen LogP contribution >= 0.6 is 27.5 Å². The Morgan fingerprint density at radius 1 is 1.54 bits per heavy atom. The van der Waals surface area contributed by atoms with Crippen molar-refractivity contribution in [3.05, 3.63) is 34.1 Å². The third-order valence-corrected chi connectivity index (χ3v) is 2.42. The van der Waals surface area contributed by atoms with Crippen LogP contribution in [0.1, 0.15) is 18.1 Å². The topological polar surface area (TPSA) is 20.2 Å². The highest BCUT2D eigenvalue weighted by Crippen LogP contribution is 2.23. The molecule has 1 nitrogen and oxygen atoms in total. The molecule has 0 heterocycles. The van der Waals surface area contributed by atoms with Crippen LogP contribution in [0.25, 0.3) is 0 Å². The Balaban J connectivity index is 2.88. The summed E-state index contributed by atoms with van der Waals surface area (Å²) in [5.41, 5.74) is 0.295. The first kappa shape index (κ1) is 11.0. The lowest BCUT2D eigenvalue weighted by Gasteiger charge is -2.09. The standard InChI is InChI=1S/C9H9BrClFO/c10-6-1-2-7(8(12)5-6)9(13)3-4-11/h1-2,5,9,13H,3-4H2/t9-/m1/s1. The third kappa shape index (κ3) is 2.93. The molecule has 0 bridgehead atoms. The lowest BCUT2D eigenvalue weighted by molar-refractivity contribution is 0.170. The number of rotatable bonds is 3. The van der Waals surface area contributed by atoms with Gasteiger partial charge in [0, 0.05) is 15.9 Å². The van der Waals surface area contributed by atoms with Gasteiger partial charge in [0.05, 0.1) is 6.10 Å². The van der Waals surface area contributed by atoms with E-state index in [0.717, 1.165) is 0 Å². The number of aliphatic hydroxyl groups excluding tert-OH is 1. The molecule has 0 saturated heterocycles. The first-order chi connectivity index (χ1) is 6.15. The number of halogens is 3. The smallest absolute Gasteiger partial charge is 0.130 e. The highest BCUT2D eigenvalue weighted by Gasteiger charge is 2.11. The summed E-state index contributed by atoms with van der Waals surface area (Å²) in [5.74, 6) is -0.0941. The van der Waals surface area contributed by atoms with Crippen LogP contribution in [0.3, 0.4) is 0 Å². The van der Waals surface area contributed by atoms with Gasteiger partial charge in [-0.3, -0.25) is 0 Å². The summed E-state index contributed by atoms with van der Waals surface area (Å²) < 4.78 is 13.9. The van der Waals surface area contributed by atoms with Gasteiger partial charge in [0.25, 0.3) is 0 Å². The van der Waals surface area contributed by atoms with E-state index in [-0.39, 0.29) is 0 Å². The molecule has 0 aromatic heterocycles. The van der Waals surface area contributed by atoms with Gasteiger partial charge in [-0.05, 0) is 18.6 Å². The van der Waals surface area contributed by atoms with E-state index < -0.39 is 11.9 Å². The zero-order valence-corrected chi connectivity index (χ0v) is 9.15. The molecular weight excluding hydrogens is 258 g/mol. The average molecular weight is 268 g/mol. The first-order valence-electron chi connectivity index (χ1n) is 3.84. The molecule has 0 amide bonds. The summed E-state index contributed by atoms with van der Waals surface area (Å²) in [6.07, 6.45) is -0.453. The van der Waals surface area contributed by atoms with Crippen LogP contribution in [-0.2, 0) is 0 Å². The second-order valence-corrected chi connectivity index (χ2v) is 3.95. The van der Waals surface area contributed by atoms with Crippen molar-refractivity contribution in [3.8, 4) is 0 Å². The number of alkyl halides is 1. The van der Waals surface area contributed by atoms with Gasteiger partial charge in [0.1, 0.15) is 5.82 Å². The first-order valence-corrected chi connectivity index (χ1v) is 5.17. The maximum absolute atomic E-state index is 13.2. The fourth-order valence-electron chi connectivity index (χ4n) is 1.03. The number of aliphatic hydroxyl groups is 1. The van der Waals surface area contributed by atoms with Crippen molar-refractivity contribution >= 4 is 27.5 Å². The van der Waals surface area contributed by atoms with Gasteiger partial charge in [0.2, 0.25) is 0 Å². The van der Waals surface area contributed by atoms with Crippen molar-refractivity contribution < 1.29 is 9.50 Å². The zero-order valence-electron chi connectivity index (χ0n) is 6.80. The van der Waals surface area contributed by atoms with E-state index in [2.05, 4.69) is 15.9 Å². The van der Waals surface area contributed by atoms with Gasteiger partial charge in [0.15, 0.2) is 0 Å². The number of hydrogen-bond donors (Lipinski definition) is 1. The van der Waals surface area contributed by atoms with Crippen LogP contribution in [0, 0.1) is 5.82 Å².